The zero-order valence-corrected chi connectivity index (χ0v) is 22.0. The normalized spacial score (nSPS) is 16.2. The van der Waals surface area contributed by atoms with E-state index in [1.807, 2.05) is 24.3 Å². The van der Waals surface area contributed by atoms with Gasteiger partial charge in [-0.1, -0.05) is 109 Å². The molecule has 0 radical (unpaired) electrons. The summed E-state index contributed by atoms with van der Waals surface area (Å²) < 4.78 is 23.8. The molecule has 0 atom stereocenters. The Morgan fingerprint density at radius 1 is 0.676 bits per heavy atom. The van der Waals surface area contributed by atoms with Gasteiger partial charge in [-0.05, 0) is 50.4 Å². The summed E-state index contributed by atoms with van der Waals surface area (Å²) in [6, 6.07) is 36.8. The zero-order valence-electron chi connectivity index (χ0n) is 20.4. The van der Waals surface area contributed by atoms with E-state index in [2.05, 4.69) is 94.3 Å². The molecular weight excluding hydrogens is 497 g/mol. The molecule has 0 bridgehead atoms. The Kier molecular flexibility index (Phi) is 6.67. The van der Waals surface area contributed by atoms with E-state index >= 15 is 0 Å². The number of nitrogens with zero attached hydrogens (tertiary/aromatic N) is 3. The molecule has 0 N–H and O–H groups in total. The summed E-state index contributed by atoms with van der Waals surface area (Å²) in [5.41, 5.74) is 3.20. The van der Waals surface area contributed by atoms with Crippen LogP contribution in [0.25, 0.3) is 21.5 Å². The van der Waals surface area contributed by atoms with E-state index in [1.165, 1.54) is 21.5 Å². The smallest absolute Gasteiger partial charge is 0.262 e. The molecule has 1 aliphatic rings. The number of rotatable bonds is 6. The molecule has 6 rings (SSSR count). The minimum absolute atomic E-state index is 0.572. The fraction of sp³-hybridized carbons (Fsp3) is 0.129. The van der Waals surface area contributed by atoms with E-state index in [-0.39, 0.29) is 0 Å². The molecule has 4 nitrogen and oxygen atoms in total. The predicted molar refractivity (Wildman–Crippen MR) is 155 cm³/mol. The maximum absolute atomic E-state index is 14.8. The maximum Gasteiger partial charge on any atom is 0.330 e. The first-order valence-electron chi connectivity index (χ1n) is 12.5. The third kappa shape index (κ3) is 4.86. The van der Waals surface area contributed by atoms with E-state index in [4.69, 9.17) is 16.4 Å². The second kappa shape index (κ2) is 10.2. The Balaban J connectivity index is 1.37. The minimum atomic E-state index is -3.25. The Bertz CT molecular complexity index is 1550. The monoisotopic (exact) mass is 523 g/mol. The maximum atomic E-state index is 14.8. The lowest BCUT2D eigenvalue weighted by molar-refractivity contribution is 0.436. The highest BCUT2D eigenvalue weighted by Gasteiger charge is 2.42. The van der Waals surface area contributed by atoms with Crippen LogP contribution in [0.2, 0.25) is 5.02 Å². The first kappa shape index (κ1) is 24.1. The summed E-state index contributed by atoms with van der Waals surface area (Å²) in [5.74, 6) is 0. The average Bonchev–Trinajstić information content (AvgIpc) is 3.23. The van der Waals surface area contributed by atoms with Gasteiger partial charge in [-0.15, -0.1) is 0 Å². The van der Waals surface area contributed by atoms with Gasteiger partial charge in [0.1, 0.15) is 0 Å². The van der Waals surface area contributed by atoms with Crippen LogP contribution >= 0.6 is 19.2 Å². The van der Waals surface area contributed by atoms with Gasteiger partial charge in [0.25, 0.3) is 0 Å². The highest BCUT2D eigenvalue weighted by atomic mass is 35.5. The molecule has 0 spiro atoms. The third-order valence-corrected chi connectivity index (χ3v) is 9.87. The van der Waals surface area contributed by atoms with Crippen molar-refractivity contribution in [3.8, 4) is 0 Å². The quantitative estimate of drug-likeness (QED) is 0.166. The molecule has 6 heteroatoms. The first-order valence-corrected chi connectivity index (χ1v) is 14.4. The number of benzene rings is 5. The Morgan fingerprint density at radius 3 is 1.70 bits per heavy atom. The van der Waals surface area contributed by atoms with Crippen molar-refractivity contribution < 1.29 is 4.57 Å². The SMILES string of the molecule is O=P1(/N=C/c2ccc(Cl)cc2)N(Cc2cccc3ccccc23)CCN1Cc1cccc2ccccc12. The number of halogens is 1. The summed E-state index contributed by atoms with van der Waals surface area (Å²) in [4.78, 5) is 0. The van der Waals surface area contributed by atoms with Crippen molar-refractivity contribution in [2.24, 2.45) is 4.76 Å². The van der Waals surface area contributed by atoms with Gasteiger partial charge in [0, 0.05) is 37.4 Å². The summed E-state index contributed by atoms with van der Waals surface area (Å²) >= 11 is 6.07. The summed E-state index contributed by atoms with van der Waals surface area (Å²) in [6.45, 7) is 2.51. The van der Waals surface area contributed by atoms with Gasteiger partial charge < -0.3 is 0 Å². The van der Waals surface area contributed by atoms with Crippen LogP contribution in [0.5, 0.6) is 0 Å². The molecule has 1 aliphatic heterocycles. The van der Waals surface area contributed by atoms with Crippen molar-refractivity contribution in [3.05, 3.63) is 131 Å². The first-order chi connectivity index (χ1) is 18.1. The molecule has 5 aromatic carbocycles. The topological polar surface area (TPSA) is 35.9 Å². The molecule has 0 saturated carbocycles. The Labute approximate surface area is 222 Å². The van der Waals surface area contributed by atoms with E-state index in [9.17, 15) is 4.57 Å². The molecule has 5 aromatic rings. The molecule has 0 unspecified atom stereocenters. The van der Waals surface area contributed by atoms with Crippen LogP contribution in [-0.4, -0.2) is 28.6 Å². The van der Waals surface area contributed by atoms with Gasteiger partial charge in [-0.2, -0.15) is 0 Å². The van der Waals surface area contributed by atoms with Gasteiger partial charge in [-0.3, -0.25) is 4.57 Å². The molecule has 184 valence electrons. The highest BCUT2D eigenvalue weighted by molar-refractivity contribution is 7.58. The van der Waals surface area contributed by atoms with Crippen molar-refractivity contribution in [1.82, 2.24) is 9.34 Å². The predicted octanol–water partition coefficient (Wildman–Crippen LogP) is 8.19. The number of hydrogen-bond donors (Lipinski definition) is 0. The fourth-order valence-corrected chi connectivity index (χ4v) is 7.54. The molecule has 1 fully saturated rings. The molecule has 0 amide bonds. The van der Waals surface area contributed by atoms with Crippen molar-refractivity contribution >= 4 is 47.0 Å². The van der Waals surface area contributed by atoms with Crippen LogP contribution in [0, 0.1) is 0 Å². The Hall–Kier alpha value is -3.27. The Morgan fingerprint density at radius 2 is 1.16 bits per heavy atom. The molecule has 1 heterocycles. The summed E-state index contributed by atoms with van der Waals surface area (Å²) in [6.07, 6.45) is 1.73. The summed E-state index contributed by atoms with van der Waals surface area (Å²) in [5, 5.41) is 5.41. The van der Waals surface area contributed by atoms with Gasteiger partial charge >= 0.3 is 7.59 Å². The van der Waals surface area contributed by atoms with Crippen LogP contribution in [0.1, 0.15) is 16.7 Å². The average molecular weight is 524 g/mol. The van der Waals surface area contributed by atoms with Gasteiger partial charge in [-0.25, -0.2) is 14.1 Å². The molecule has 0 aliphatic carbocycles. The van der Waals surface area contributed by atoms with Crippen molar-refractivity contribution in [3.63, 3.8) is 0 Å². The van der Waals surface area contributed by atoms with Crippen molar-refractivity contribution in [2.45, 2.75) is 13.1 Å². The third-order valence-electron chi connectivity index (χ3n) is 7.05. The second-order valence-corrected chi connectivity index (χ2v) is 12.2. The van der Waals surface area contributed by atoms with Crippen LogP contribution in [0.15, 0.2) is 114 Å². The van der Waals surface area contributed by atoms with Crippen LogP contribution < -0.4 is 0 Å². The minimum Gasteiger partial charge on any atom is -0.262 e. The molecule has 37 heavy (non-hydrogen) atoms. The number of fused-ring (bicyclic) bond motifs is 2. The van der Waals surface area contributed by atoms with Gasteiger partial charge in [0.2, 0.25) is 0 Å². The van der Waals surface area contributed by atoms with Crippen LogP contribution in [-0.2, 0) is 17.7 Å². The lowest BCUT2D eigenvalue weighted by Gasteiger charge is -2.27. The van der Waals surface area contributed by atoms with Gasteiger partial charge in [0.15, 0.2) is 0 Å². The largest absolute Gasteiger partial charge is 0.330 e. The molecule has 1 saturated heterocycles. The molecular formula is C31H27ClN3OP. The lowest BCUT2D eigenvalue weighted by atomic mass is 10.0. The van der Waals surface area contributed by atoms with Crippen LogP contribution in [0.4, 0.5) is 0 Å². The standard InChI is InChI=1S/C31H27ClN3OP/c32-29-17-15-24(16-18-29)21-33-37(36)34(22-27-11-5-9-25-7-1-3-13-30(25)27)19-20-35(37)23-28-12-6-10-26-8-2-4-14-31(26)28/h1-18,21H,19-20,22-23H2/b33-21+. The molecule has 0 aromatic heterocycles. The van der Waals surface area contributed by atoms with Crippen molar-refractivity contribution in [2.75, 3.05) is 13.1 Å². The lowest BCUT2D eigenvalue weighted by Crippen LogP contribution is -2.18. The highest BCUT2D eigenvalue weighted by Crippen LogP contribution is 2.59. The zero-order chi connectivity index (χ0) is 25.2. The van der Waals surface area contributed by atoms with E-state index in [1.54, 1.807) is 6.21 Å². The number of hydrogen-bond acceptors (Lipinski definition) is 1. The van der Waals surface area contributed by atoms with E-state index < -0.39 is 7.59 Å². The van der Waals surface area contributed by atoms with Crippen molar-refractivity contribution in [1.29, 1.82) is 0 Å². The summed E-state index contributed by atoms with van der Waals surface area (Å²) in [7, 11) is -3.25. The van der Waals surface area contributed by atoms with E-state index in [0.717, 1.165) is 16.7 Å². The van der Waals surface area contributed by atoms with Gasteiger partial charge in [0.05, 0.1) is 0 Å². The van der Waals surface area contributed by atoms with E-state index in [0.29, 0.717) is 31.2 Å². The fourth-order valence-electron chi connectivity index (χ4n) is 5.10. The van der Waals surface area contributed by atoms with Crippen LogP contribution in [0.3, 0.4) is 0 Å². The second-order valence-electron chi connectivity index (χ2n) is 9.36.